The van der Waals surface area contributed by atoms with Crippen LogP contribution in [0.1, 0.15) is 31.1 Å². The van der Waals surface area contributed by atoms with Crippen LogP contribution in [-0.4, -0.2) is 46.8 Å². The second-order valence-electron chi connectivity index (χ2n) is 7.17. The van der Waals surface area contributed by atoms with Crippen LogP contribution in [0, 0.1) is 0 Å². The largest absolute Gasteiger partial charge is 0.497 e. The molecule has 0 atom stereocenters. The Morgan fingerprint density at radius 2 is 1.64 bits per heavy atom. The Hall–Kier alpha value is -1.18. The molecular weight excluding hydrogens is 356 g/mol. The van der Waals surface area contributed by atoms with E-state index in [1.165, 1.54) is 0 Å². The normalized spacial score (nSPS) is 12.0. The molecule has 0 fully saturated rings. The molecule has 25 heavy (non-hydrogen) atoms. The molecule has 0 unspecified atom stereocenters. The first-order valence-electron chi connectivity index (χ1n) is 8.22. The van der Waals surface area contributed by atoms with E-state index < -0.39 is 8.32 Å². The van der Waals surface area contributed by atoms with Crippen molar-refractivity contribution >= 4 is 26.0 Å². The van der Waals surface area contributed by atoms with Gasteiger partial charge in [0.2, 0.25) is 0 Å². The fourth-order valence-corrected chi connectivity index (χ4v) is 3.93. The van der Waals surface area contributed by atoms with E-state index in [2.05, 4.69) is 33.9 Å². The topological polar surface area (TPSA) is 54.0 Å². The highest BCUT2D eigenvalue weighted by Crippen LogP contribution is 2.36. The molecule has 0 amide bonds. The standard InChI is InChI=1S/C18H30O5SSi/c1-18(2,3)25(6,7)23-13-24-9-8-22-17(19)14-10-15(20-4)12-16(11-14)21-5/h10-12H,8-9,13H2,1-7H3. The van der Waals surface area contributed by atoms with Crippen LogP contribution in [0.5, 0.6) is 11.5 Å². The van der Waals surface area contributed by atoms with Crippen LogP contribution < -0.4 is 9.47 Å². The van der Waals surface area contributed by atoms with Gasteiger partial charge in [-0.15, -0.1) is 11.8 Å². The first-order chi connectivity index (χ1) is 11.6. The van der Waals surface area contributed by atoms with E-state index in [-0.39, 0.29) is 11.0 Å². The van der Waals surface area contributed by atoms with Gasteiger partial charge in [0.1, 0.15) is 18.1 Å². The van der Waals surface area contributed by atoms with E-state index in [1.54, 1.807) is 44.2 Å². The molecule has 0 spiro atoms. The molecule has 0 radical (unpaired) electrons. The summed E-state index contributed by atoms with van der Waals surface area (Å²) in [6, 6.07) is 4.99. The lowest BCUT2D eigenvalue weighted by atomic mass is 10.2. The van der Waals surface area contributed by atoms with Crippen LogP contribution in [0.4, 0.5) is 0 Å². The van der Waals surface area contributed by atoms with E-state index in [4.69, 9.17) is 18.6 Å². The van der Waals surface area contributed by atoms with Gasteiger partial charge in [0.25, 0.3) is 0 Å². The number of carbonyl (C=O) groups excluding carboxylic acids is 1. The van der Waals surface area contributed by atoms with Crippen molar-refractivity contribution in [2.75, 3.05) is 32.5 Å². The second kappa shape index (κ2) is 9.50. The van der Waals surface area contributed by atoms with Crippen LogP contribution in [0.15, 0.2) is 18.2 Å². The smallest absolute Gasteiger partial charge is 0.338 e. The summed E-state index contributed by atoms with van der Waals surface area (Å²) >= 11 is 1.63. The van der Waals surface area contributed by atoms with Crippen LogP contribution in [0.2, 0.25) is 18.1 Å². The van der Waals surface area contributed by atoms with Crippen molar-refractivity contribution in [2.45, 2.75) is 38.9 Å². The number of benzene rings is 1. The summed E-state index contributed by atoms with van der Waals surface area (Å²) in [5.74, 6) is 2.05. The van der Waals surface area contributed by atoms with E-state index in [0.29, 0.717) is 35.4 Å². The summed E-state index contributed by atoms with van der Waals surface area (Å²) in [5.41, 5.74) is 0.415. The number of esters is 1. The van der Waals surface area contributed by atoms with Gasteiger partial charge < -0.3 is 18.6 Å². The van der Waals surface area contributed by atoms with Crippen molar-refractivity contribution in [3.8, 4) is 11.5 Å². The average molecular weight is 387 g/mol. The van der Waals surface area contributed by atoms with Crippen LogP contribution in [0.25, 0.3) is 0 Å². The molecule has 5 nitrogen and oxygen atoms in total. The van der Waals surface area contributed by atoms with Gasteiger partial charge in [-0.05, 0) is 30.3 Å². The number of hydrogen-bond acceptors (Lipinski definition) is 6. The van der Waals surface area contributed by atoms with Gasteiger partial charge in [-0.3, -0.25) is 0 Å². The molecule has 1 aromatic rings. The molecule has 0 aromatic heterocycles. The molecule has 0 bridgehead atoms. The fraction of sp³-hybridized carbons (Fsp3) is 0.611. The van der Waals surface area contributed by atoms with Crippen molar-refractivity contribution < 1.29 is 23.4 Å². The van der Waals surface area contributed by atoms with E-state index in [1.807, 2.05) is 0 Å². The Kier molecular flexibility index (Phi) is 8.30. The summed E-state index contributed by atoms with van der Waals surface area (Å²) in [6.07, 6.45) is 0. The van der Waals surface area contributed by atoms with E-state index in [9.17, 15) is 4.79 Å². The highest BCUT2D eigenvalue weighted by Gasteiger charge is 2.36. The molecule has 1 aromatic carbocycles. The van der Waals surface area contributed by atoms with Crippen molar-refractivity contribution in [1.82, 2.24) is 0 Å². The van der Waals surface area contributed by atoms with Gasteiger partial charge in [-0.1, -0.05) is 20.8 Å². The number of ether oxygens (including phenoxy) is 3. The third-order valence-corrected chi connectivity index (χ3v) is 9.78. The maximum absolute atomic E-state index is 12.1. The summed E-state index contributed by atoms with van der Waals surface area (Å²) in [7, 11) is 1.37. The van der Waals surface area contributed by atoms with E-state index >= 15 is 0 Å². The molecule has 0 aliphatic rings. The SMILES string of the molecule is COc1cc(OC)cc(C(=O)OCCSCO[Si](C)(C)C(C)(C)C)c1. The Balaban J connectivity index is 2.39. The van der Waals surface area contributed by atoms with Crippen molar-refractivity contribution in [2.24, 2.45) is 0 Å². The molecule has 0 N–H and O–H groups in total. The first kappa shape index (κ1) is 21.9. The minimum Gasteiger partial charge on any atom is -0.497 e. The Morgan fingerprint density at radius 1 is 1.08 bits per heavy atom. The minimum absolute atomic E-state index is 0.200. The summed E-state index contributed by atoms with van der Waals surface area (Å²) in [6.45, 7) is 11.4. The minimum atomic E-state index is -1.72. The first-order valence-corrected chi connectivity index (χ1v) is 12.3. The van der Waals surface area contributed by atoms with Gasteiger partial charge in [-0.2, -0.15) is 0 Å². The maximum atomic E-state index is 12.1. The quantitative estimate of drug-likeness (QED) is 0.268. The molecule has 1 rings (SSSR count). The molecule has 7 heteroatoms. The van der Waals surface area contributed by atoms with Gasteiger partial charge in [0, 0.05) is 11.8 Å². The number of methoxy groups -OCH3 is 2. The van der Waals surface area contributed by atoms with Crippen molar-refractivity contribution in [3.63, 3.8) is 0 Å². The predicted octanol–water partition coefficient (Wildman–Crippen LogP) is 4.57. The third-order valence-electron chi connectivity index (χ3n) is 4.36. The van der Waals surface area contributed by atoms with Crippen LogP contribution in [0.3, 0.4) is 0 Å². The van der Waals surface area contributed by atoms with E-state index in [0.717, 1.165) is 0 Å². The monoisotopic (exact) mass is 386 g/mol. The lowest BCUT2D eigenvalue weighted by Crippen LogP contribution is -2.40. The highest BCUT2D eigenvalue weighted by atomic mass is 32.2. The Bertz CT molecular complexity index is 547. The molecule has 0 aliphatic carbocycles. The zero-order chi connectivity index (χ0) is 19.1. The summed E-state index contributed by atoms with van der Waals surface area (Å²) < 4.78 is 21.7. The number of thioether (sulfide) groups is 1. The Labute approximate surface area is 156 Å². The molecular formula is C18H30O5SSi. The average Bonchev–Trinajstić information content (AvgIpc) is 2.56. The fourth-order valence-electron chi connectivity index (χ4n) is 1.67. The lowest BCUT2D eigenvalue weighted by Gasteiger charge is -2.35. The van der Waals surface area contributed by atoms with Crippen LogP contribution in [-0.2, 0) is 9.16 Å². The summed E-state index contributed by atoms with van der Waals surface area (Å²) in [4.78, 5) is 12.1. The molecule has 0 saturated heterocycles. The number of hydrogen-bond donors (Lipinski definition) is 0. The number of rotatable bonds is 9. The Morgan fingerprint density at radius 3 is 2.12 bits per heavy atom. The summed E-state index contributed by atoms with van der Waals surface area (Å²) in [5, 5.41) is 0.200. The van der Waals surface area contributed by atoms with Gasteiger partial charge >= 0.3 is 5.97 Å². The van der Waals surface area contributed by atoms with Crippen molar-refractivity contribution in [3.05, 3.63) is 23.8 Å². The zero-order valence-electron chi connectivity index (χ0n) is 16.3. The number of carbonyl (C=O) groups is 1. The van der Waals surface area contributed by atoms with Gasteiger partial charge in [-0.25, -0.2) is 4.79 Å². The molecule has 0 heterocycles. The molecule has 0 aliphatic heterocycles. The predicted molar refractivity (Wildman–Crippen MR) is 105 cm³/mol. The van der Waals surface area contributed by atoms with Crippen molar-refractivity contribution in [1.29, 1.82) is 0 Å². The molecule has 142 valence electrons. The van der Waals surface area contributed by atoms with Gasteiger partial charge in [0.15, 0.2) is 8.32 Å². The third kappa shape index (κ3) is 6.91. The maximum Gasteiger partial charge on any atom is 0.338 e. The van der Waals surface area contributed by atoms with Crippen LogP contribution >= 0.6 is 11.8 Å². The molecule has 0 saturated carbocycles. The zero-order valence-corrected chi connectivity index (χ0v) is 18.1. The lowest BCUT2D eigenvalue weighted by molar-refractivity contribution is 0.0529. The van der Waals surface area contributed by atoms with Gasteiger partial charge in [0.05, 0.1) is 25.7 Å². The highest BCUT2D eigenvalue weighted by molar-refractivity contribution is 7.99. The second-order valence-corrected chi connectivity index (χ2v) is 13.0.